The fraction of sp³-hybridized carbons (Fsp3) is 0.286. The van der Waals surface area contributed by atoms with Crippen LogP contribution in [0.5, 0.6) is 0 Å². The first-order chi connectivity index (χ1) is 9.19. The van der Waals surface area contributed by atoms with Crippen molar-refractivity contribution in [3.63, 3.8) is 0 Å². The lowest BCUT2D eigenvalue weighted by atomic mass is 10.2. The van der Waals surface area contributed by atoms with Crippen molar-refractivity contribution in [3.8, 4) is 0 Å². The second-order valence-electron chi connectivity index (χ2n) is 4.31. The van der Waals surface area contributed by atoms with Gasteiger partial charge in [0.15, 0.2) is 0 Å². The molecule has 1 amide bonds. The van der Waals surface area contributed by atoms with Gasteiger partial charge in [-0.05, 0) is 29.3 Å². The summed E-state index contributed by atoms with van der Waals surface area (Å²) in [5.74, 6) is 0.615. The van der Waals surface area contributed by atoms with E-state index in [1.165, 1.54) is 0 Å². The van der Waals surface area contributed by atoms with E-state index in [1.54, 1.807) is 28.4 Å². The molecule has 2 heterocycles. The molecule has 0 spiro atoms. The highest BCUT2D eigenvalue weighted by molar-refractivity contribution is 7.07. The Kier molecular flexibility index (Phi) is 4.52. The third kappa shape index (κ3) is 3.79. The molecule has 0 N–H and O–H groups in total. The molecule has 0 aliphatic heterocycles. The number of hydrogen-bond donors (Lipinski definition) is 0. The molecule has 2 aromatic heterocycles. The molecule has 0 aliphatic rings. The molecule has 2 aromatic rings. The predicted molar refractivity (Wildman–Crippen MR) is 74.9 cm³/mol. The smallest absolute Gasteiger partial charge is 0.230 e. The van der Waals surface area contributed by atoms with Crippen LogP contribution < -0.4 is 0 Å². The number of aryl methyl sites for hydroxylation is 1. The first kappa shape index (κ1) is 13.5. The van der Waals surface area contributed by atoms with Crippen LogP contribution in [0.25, 0.3) is 0 Å². The Bertz CT molecular complexity index is 546. The van der Waals surface area contributed by atoms with Gasteiger partial charge in [0.25, 0.3) is 0 Å². The Labute approximate surface area is 116 Å². The normalized spacial score (nSPS) is 10.4. The molecule has 19 heavy (non-hydrogen) atoms. The largest absolute Gasteiger partial charge is 0.361 e. The lowest BCUT2D eigenvalue weighted by Crippen LogP contribution is -2.31. The third-order valence-electron chi connectivity index (χ3n) is 2.66. The second kappa shape index (κ2) is 6.33. The summed E-state index contributed by atoms with van der Waals surface area (Å²) >= 11 is 1.63. The van der Waals surface area contributed by atoms with Gasteiger partial charge in [-0.15, -0.1) is 6.58 Å². The SMILES string of the molecule is C=CCN(Cc1ccsc1)C(=O)Cc1cc(C)no1. The Morgan fingerprint density at radius 2 is 2.47 bits per heavy atom. The minimum absolute atomic E-state index is 0.0160. The van der Waals surface area contributed by atoms with Gasteiger partial charge in [0, 0.05) is 19.2 Å². The van der Waals surface area contributed by atoms with E-state index in [-0.39, 0.29) is 12.3 Å². The second-order valence-corrected chi connectivity index (χ2v) is 5.09. The zero-order valence-electron chi connectivity index (χ0n) is 10.8. The molecule has 0 saturated carbocycles. The molecule has 4 nitrogen and oxygen atoms in total. The lowest BCUT2D eigenvalue weighted by Gasteiger charge is -2.20. The van der Waals surface area contributed by atoms with Crippen LogP contribution in [0.15, 0.2) is 40.1 Å². The molecule has 0 fully saturated rings. The first-order valence-corrected chi connectivity index (χ1v) is 6.95. The fourth-order valence-corrected chi connectivity index (χ4v) is 2.43. The van der Waals surface area contributed by atoms with Crippen molar-refractivity contribution in [2.45, 2.75) is 19.9 Å². The first-order valence-electron chi connectivity index (χ1n) is 6.01. The molecule has 0 aliphatic carbocycles. The van der Waals surface area contributed by atoms with Crippen molar-refractivity contribution in [2.75, 3.05) is 6.54 Å². The van der Waals surface area contributed by atoms with Gasteiger partial charge in [0.05, 0.1) is 12.1 Å². The summed E-state index contributed by atoms with van der Waals surface area (Å²) in [6, 6.07) is 3.81. The van der Waals surface area contributed by atoms with Crippen LogP contribution in [0.3, 0.4) is 0 Å². The van der Waals surface area contributed by atoms with Gasteiger partial charge >= 0.3 is 0 Å². The summed E-state index contributed by atoms with van der Waals surface area (Å²) in [5, 5.41) is 7.84. The molecule has 2 rings (SSSR count). The van der Waals surface area contributed by atoms with Crippen LogP contribution >= 0.6 is 11.3 Å². The molecule has 100 valence electrons. The van der Waals surface area contributed by atoms with E-state index >= 15 is 0 Å². The van der Waals surface area contributed by atoms with Crippen molar-refractivity contribution >= 4 is 17.2 Å². The number of thiophene rings is 1. The van der Waals surface area contributed by atoms with E-state index in [2.05, 4.69) is 11.7 Å². The van der Waals surface area contributed by atoms with Gasteiger partial charge in [-0.3, -0.25) is 4.79 Å². The van der Waals surface area contributed by atoms with Gasteiger partial charge in [-0.2, -0.15) is 11.3 Å². The number of amides is 1. The minimum Gasteiger partial charge on any atom is -0.361 e. The minimum atomic E-state index is 0.0160. The molecule has 0 unspecified atom stereocenters. The van der Waals surface area contributed by atoms with Crippen LogP contribution in [-0.4, -0.2) is 22.5 Å². The highest BCUT2D eigenvalue weighted by Gasteiger charge is 2.15. The summed E-state index contributed by atoms with van der Waals surface area (Å²) in [4.78, 5) is 14.0. The summed E-state index contributed by atoms with van der Waals surface area (Å²) in [6.07, 6.45) is 1.97. The molecule has 5 heteroatoms. The average molecular weight is 276 g/mol. The third-order valence-corrected chi connectivity index (χ3v) is 3.39. The maximum atomic E-state index is 12.2. The van der Waals surface area contributed by atoms with Crippen molar-refractivity contribution in [1.82, 2.24) is 10.1 Å². The van der Waals surface area contributed by atoms with E-state index in [4.69, 9.17) is 4.52 Å². The maximum absolute atomic E-state index is 12.2. The number of nitrogens with zero attached hydrogens (tertiary/aromatic N) is 2. The Balaban J connectivity index is 2.01. The quantitative estimate of drug-likeness (QED) is 0.762. The number of carbonyl (C=O) groups is 1. The lowest BCUT2D eigenvalue weighted by molar-refractivity contribution is -0.130. The van der Waals surface area contributed by atoms with Gasteiger partial charge in [0.1, 0.15) is 5.76 Å². The highest BCUT2D eigenvalue weighted by Crippen LogP contribution is 2.12. The van der Waals surface area contributed by atoms with Gasteiger partial charge < -0.3 is 9.42 Å². The number of aromatic nitrogens is 1. The van der Waals surface area contributed by atoms with Gasteiger partial charge in [-0.1, -0.05) is 11.2 Å². The zero-order valence-corrected chi connectivity index (χ0v) is 11.7. The Hall–Kier alpha value is -1.88. The number of rotatable bonds is 6. The van der Waals surface area contributed by atoms with E-state index in [1.807, 2.05) is 23.8 Å². The van der Waals surface area contributed by atoms with E-state index in [0.29, 0.717) is 18.8 Å². The predicted octanol–water partition coefficient (Wildman–Crippen LogP) is 2.80. The van der Waals surface area contributed by atoms with Gasteiger partial charge in [0.2, 0.25) is 5.91 Å². The maximum Gasteiger partial charge on any atom is 0.230 e. The van der Waals surface area contributed by atoms with Crippen LogP contribution in [-0.2, 0) is 17.8 Å². The summed E-state index contributed by atoms with van der Waals surface area (Å²) in [6.45, 7) is 6.66. The zero-order chi connectivity index (χ0) is 13.7. The van der Waals surface area contributed by atoms with Crippen LogP contribution in [0.1, 0.15) is 17.0 Å². The molecular weight excluding hydrogens is 260 g/mol. The number of carbonyl (C=O) groups excluding carboxylic acids is 1. The molecule has 0 aromatic carbocycles. The van der Waals surface area contributed by atoms with Crippen molar-refractivity contribution in [2.24, 2.45) is 0 Å². The average Bonchev–Trinajstić information content (AvgIpc) is 3.01. The topological polar surface area (TPSA) is 46.3 Å². The molecule has 0 bridgehead atoms. The molecular formula is C14H16N2O2S. The monoisotopic (exact) mass is 276 g/mol. The van der Waals surface area contributed by atoms with Crippen molar-refractivity contribution in [1.29, 1.82) is 0 Å². The molecule has 0 saturated heterocycles. The fourth-order valence-electron chi connectivity index (χ4n) is 1.77. The summed E-state index contributed by atoms with van der Waals surface area (Å²) in [7, 11) is 0. The van der Waals surface area contributed by atoms with E-state index in [0.717, 1.165) is 11.3 Å². The Morgan fingerprint density at radius 3 is 3.05 bits per heavy atom. The number of hydrogen-bond acceptors (Lipinski definition) is 4. The van der Waals surface area contributed by atoms with E-state index in [9.17, 15) is 4.79 Å². The highest BCUT2D eigenvalue weighted by atomic mass is 32.1. The standard InChI is InChI=1S/C14H16N2O2S/c1-3-5-16(9-12-4-6-19-10-12)14(17)8-13-7-11(2)15-18-13/h3-4,6-7,10H,1,5,8-9H2,2H3. The molecule has 0 atom stereocenters. The molecule has 0 radical (unpaired) electrons. The van der Waals surface area contributed by atoms with Crippen LogP contribution in [0.2, 0.25) is 0 Å². The van der Waals surface area contributed by atoms with Crippen molar-refractivity contribution in [3.05, 3.63) is 52.6 Å². The Morgan fingerprint density at radius 1 is 1.63 bits per heavy atom. The summed E-state index contributed by atoms with van der Waals surface area (Å²) in [5.41, 5.74) is 1.92. The van der Waals surface area contributed by atoms with Crippen LogP contribution in [0.4, 0.5) is 0 Å². The van der Waals surface area contributed by atoms with E-state index < -0.39 is 0 Å². The van der Waals surface area contributed by atoms with Gasteiger partial charge in [-0.25, -0.2) is 0 Å². The summed E-state index contributed by atoms with van der Waals surface area (Å²) < 4.78 is 5.08. The van der Waals surface area contributed by atoms with Crippen molar-refractivity contribution < 1.29 is 9.32 Å². The van der Waals surface area contributed by atoms with Crippen LogP contribution in [0, 0.1) is 6.92 Å².